The fourth-order valence-electron chi connectivity index (χ4n) is 1.73. The minimum absolute atomic E-state index is 0.0141. The number of fused-ring (bicyclic) bond motifs is 1. The lowest BCUT2D eigenvalue weighted by atomic mass is 9.83. The van der Waals surface area contributed by atoms with E-state index in [0.29, 0.717) is 5.82 Å². The molecule has 2 aromatic rings. The van der Waals surface area contributed by atoms with E-state index in [1.807, 2.05) is 12.3 Å². The van der Waals surface area contributed by atoms with Crippen molar-refractivity contribution in [2.45, 2.75) is 32.6 Å². The number of hydrogen-bond acceptors (Lipinski definition) is 3. The van der Waals surface area contributed by atoms with E-state index < -0.39 is 0 Å². The number of anilines is 1. The van der Waals surface area contributed by atoms with E-state index in [0.717, 1.165) is 17.6 Å². The van der Waals surface area contributed by atoms with Crippen LogP contribution in [0.4, 0.5) is 5.82 Å². The quantitative estimate of drug-likeness (QED) is 0.814. The van der Waals surface area contributed by atoms with Crippen LogP contribution in [0.3, 0.4) is 0 Å². The van der Waals surface area contributed by atoms with Crippen molar-refractivity contribution in [3.63, 3.8) is 0 Å². The number of rotatable bonds is 2. The molecule has 0 aliphatic rings. The first-order valence-electron chi connectivity index (χ1n) is 5.15. The van der Waals surface area contributed by atoms with Gasteiger partial charge in [0.25, 0.3) is 0 Å². The van der Waals surface area contributed by atoms with E-state index in [-0.39, 0.29) is 5.41 Å². The maximum Gasteiger partial charge on any atom is 0.160 e. The number of hydrogen-bond donors (Lipinski definition) is 1. The van der Waals surface area contributed by atoms with Crippen LogP contribution in [0.25, 0.3) is 5.65 Å². The van der Waals surface area contributed by atoms with Crippen LogP contribution in [-0.4, -0.2) is 14.6 Å². The van der Waals surface area contributed by atoms with Gasteiger partial charge in [0.15, 0.2) is 11.5 Å². The van der Waals surface area contributed by atoms with E-state index >= 15 is 0 Å². The van der Waals surface area contributed by atoms with Crippen LogP contribution in [0.15, 0.2) is 18.5 Å². The van der Waals surface area contributed by atoms with Gasteiger partial charge in [-0.15, -0.1) is 5.10 Å². The van der Waals surface area contributed by atoms with Crippen LogP contribution in [0.5, 0.6) is 0 Å². The monoisotopic (exact) mass is 204 g/mol. The molecule has 0 fully saturated rings. The summed E-state index contributed by atoms with van der Waals surface area (Å²) in [7, 11) is 0. The molecule has 0 spiro atoms. The summed E-state index contributed by atoms with van der Waals surface area (Å²) in [5.41, 5.74) is 7.87. The molecule has 2 aromatic heterocycles. The highest BCUT2D eigenvalue weighted by atomic mass is 15.3. The van der Waals surface area contributed by atoms with Gasteiger partial charge in [-0.3, -0.25) is 0 Å². The van der Waals surface area contributed by atoms with Gasteiger partial charge in [0.2, 0.25) is 0 Å². The molecule has 2 rings (SSSR count). The average Bonchev–Trinajstić information content (AvgIpc) is 2.54. The van der Waals surface area contributed by atoms with Gasteiger partial charge in [-0.25, -0.2) is 9.50 Å². The van der Waals surface area contributed by atoms with Gasteiger partial charge in [0, 0.05) is 18.0 Å². The lowest BCUT2D eigenvalue weighted by molar-refractivity contribution is 0.511. The van der Waals surface area contributed by atoms with Crippen molar-refractivity contribution < 1.29 is 0 Å². The summed E-state index contributed by atoms with van der Waals surface area (Å²) in [6.07, 6.45) is 4.65. The van der Waals surface area contributed by atoms with Crippen molar-refractivity contribution in [1.29, 1.82) is 0 Å². The summed E-state index contributed by atoms with van der Waals surface area (Å²) in [5, 5.41) is 4.26. The Morgan fingerprint density at radius 1 is 1.47 bits per heavy atom. The molecule has 0 unspecified atom stereocenters. The molecule has 2 heterocycles. The van der Waals surface area contributed by atoms with Gasteiger partial charge < -0.3 is 5.73 Å². The molecular formula is C11H16N4. The highest BCUT2D eigenvalue weighted by Gasteiger charge is 2.26. The maximum absolute atomic E-state index is 5.94. The van der Waals surface area contributed by atoms with Crippen molar-refractivity contribution in [1.82, 2.24) is 14.6 Å². The zero-order chi connectivity index (χ0) is 11.1. The van der Waals surface area contributed by atoms with Gasteiger partial charge in [0.1, 0.15) is 0 Å². The Balaban J connectivity index is 2.74. The van der Waals surface area contributed by atoms with E-state index in [1.165, 1.54) is 0 Å². The van der Waals surface area contributed by atoms with Crippen molar-refractivity contribution in [2.75, 3.05) is 5.73 Å². The van der Waals surface area contributed by atoms with E-state index in [2.05, 4.69) is 30.9 Å². The van der Waals surface area contributed by atoms with Gasteiger partial charge in [-0.1, -0.05) is 20.8 Å². The van der Waals surface area contributed by atoms with E-state index in [9.17, 15) is 0 Å². The fraction of sp³-hybridized carbons (Fsp3) is 0.455. The molecule has 0 amide bonds. The molecule has 0 bridgehead atoms. The highest BCUT2D eigenvalue weighted by molar-refractivity contribution is 5.62. The van der Waals surface area contributed by atoms with Crippen LogP contribution in [0, 0.1) is 0 Å². The van der Waals surface area contributed by atoms with Crippen molar-refractivity contribution in [2.24, 2.45) is 0 Å². The number of nitrogens with zero attached hydrogens (tertiary/aromatic N) is 3. The molecule has 4 heteroatoms. The molecular weight excluding hydrogens is 188 g/mol. The predicted molar refractivity (Wildman–Crippen MR) is 60.7 cm³/mol. The largest absolute Gasteiger partial charge is 0.382 e. The van der Waals surface area contributed by atoms with Crippen molar-refractivity contribution in [3.8, 4) is 0 Å². The zero-order valence-electron chi connectivity index (χ0n) is 9.36. The van der Waals surface area contributed by atoms with E-state index in [1.54, 1.807) is 10.7 Å². The molecule has 0 saturated carbocycles. The molecule has 0 saturated heterocycles. The van der Waals surface area contributed by atoms with Crippen molar-refractivity contribution >= 4 is 11.5 Å². The zero-order valence-corrected chi connectivity index (χ0v) is 9.36. The number of aromatic nitrogens is 3. The number of nitrogen functional groups attached to an aromatic ring is 1. The van der Waals surface area contributed by atoms with Gasteiger partial charge in [-0.2, -0.15) is 0 Å². The second kappa shape index (κ2) is 3.22. The Morgan fingerprint density at radius 2 is 2.20 bits per heavy atom. The first kappa shape index (κ1) is 9.96. The first-order valence-corrected chi connectivity index (χ1v) is 5.15. The average molecular weight is 204 g/mol. The summed E-state index contributed by atoms with van der Waals surface area (Å²) >= 11 is 0. The summed E-state index contributed by atoms with van der Waals surface area (Å²) in [6, 6.07) is 1.85. The topological polar surface area (TPSA) is 56.2 Å². The van der Waals surface area contributed by atoms with Gasteiger partial charge in [-0.05, 0) is 17.9 Å². The molecule has 80 valence electrons. The van der Waals surface area contributed by atoms with Crippen LogP contribution in [0.1, 0.15) is 32.8 Å². The summed E-state index contributed by atoms with van der Waals surface area (Å²) in [4.78, 5) is 4.34. The van der Waals surface area contributed by atoms with Crippen LogP contribution in [0.2, 0.25) is 0 Å². The van der Waals surface area contributed by atoms with E-state index in [4.69, 9.17) is 5.73 Å². The second-order valence-corrected chi connectivity index (χ2v) is 4.39. The molecule has 15 heavy (non-hydrogen) atoms. The summed E-state index contributed by atoms with van der Waals surface area (Å²) < 4.78 is 1.74. The molecule has 0 aliphatic carbocycles. The Morgan fingerprint density at radius 3 is 2.87 bits per heavy atom. The molecule has 4 nitrogen and oxygen atoms in total. The smallest absolute Gasteiger partial charge is 0.160 e. The lowest BCUT2D eigenvalue weighted by Crippen LogP contribution is -2.17. The Hall–Kier alpha value is -1.58. The second-order valence-electron chi connectivity index (χ2n) is 4.39. The Bertz CT molecular complexity index is 484. The number of nitrogens with two attached hydrogens (primary N) is 1. The van der Waals surface area contributed by atoms with Crippen LogP contribution in [-0.2, 0) is 5.41 Å². The van der Waals surface area contributed by atoms with Crippen LogP contribution < -0.4 is 5.73 Å². The molecule has 0 aromatic carbocycles. The minimum atomic E-state index is 0.0141. The summed E-state index contributed by atoms with van der Waals surface area (Å²) in [5.74, 6) is 0.584. The molecule has 2 N–H and O–H groups in total. The normalized spacial score (nSPS) is 12.2. The third-order valence-electron chi connectivity index (χ3n) is 2.98. The molecule has 0 radical (unpaired) electrons. The third kappa shape index (κ3) is 1.46. The summed E-state index contributed by atoms with van der Waals surface area (Å²) in [6.45, 7) is 6.47. The highest BCUT2D eigenvalue weighted by Crippen LogP contribution is 2.33. The SMILES string of the molecule is CCC(C)(C)c1c(N)nn2cccnc12. The van der Waals surface area contributed by atoms with Gasteiger partial charge in [0.05, 0.1) is 0 Å². The van der Waals surface area contributed by atoms with Crippen molar-refractivity contribution in [3.05, 3.63) is 24.0 Å². The molecule has 0 atom stereocenters. The fourth-order valence-corrected chi connectivity index (χ4v) is 1.73. The maximum atomic E-state index is 5.94. The Labute approximate surface area is 89.1 Å². The first-order chi connectivity index (χ1) is 7.06. The van der Waals surface area contributed by atoms with Gasteiger partial charge >= 0.3 is 0 Å². The third-order valence-corrected chi connectivity index (χ3v) is 2.98. The predicted octanol–water partition coefficient (Wildman–Crippen LogP) is 2.00. The lowest BCUT2D eigenvalue weighted by Gasteiger charge is -2.21. The molecule has 0 aliphatic heterocycles. The Kier molecular flexibility index (Phi) is 2.14. The van der Waals surface area contributed by atoms with Crippen LogP contribution >= 0.6 is 0 Å². The minimum Gasteiger partial charge on any atom is -0.382 e. The standard InChI is InChI=1S/C11H16N4/c1-4-11(2,3)8-9(12)14-15-7-5-6-13-10(8)15/h5-7H,4H2,1-3H3,(H2,12,14).